The van der Waals surface area contributed by atoms with Crippen molar-refractivity contribution in [1.82, 2.24) is 26.1 Å². The molecule has 2 fully saturated rings. The van der Waals surface area contributed by atoms with Gasteiger partial charge in [-0.3, -0.25) is 15.6 Å². The standard InChI is InChI=1S/C15H24N6O/c22-14(3-2-12-10-18-19-11-12)20-13-4-8-21(9-5-13)15-16-6-1-7-17-15/h1,6-7,12-13,18-19H,2-5,8-11H2,(H,20,22). The number of nitrogens with one attached hydrogen (secondary N) is 3. The molecular formula is C15H24N6O. The zero-order valence-electron chi connectivity index (χ0n) is 12.8. The van der Waals surface area contributed by atoms with Crippen molar-refractivity contribution in [2.24, 2.45) is 5.92 Å². The summed E-state index contributed by atoms with van der Waals surface area (Å²) >= 11 is 0. The van der Waals surface area contributed by atoms with Gasteiger partial charge < -0.3 is 10.2 Å². The second-order valence-electron chi connectivity index (χ2n) is 6.04. The minimum absolute atomic E-state index is 0.182. The first kappa shape index (κ1) is 15.2. The van der Waals surface area contributed by atoms with Crippen molar-refractivity contribution in [1.29, 1.82) is 0 Å². The Morgan fingerprint density at radius 1 is 1.23 bits per heavy atom. The van der Waals surface area contributed by atoms with Crippen LogP contribution in [0.15, 0.2) is 18.5 Å². The fourth-order valence-corrected chi connectivity index (χ4v) is 3.02. The molecule has 7 heteroatoms. The molecule has 1 amide bonds. The Hall–Kier alpha value is -1.73. The lowest BCUT2D eigenvalue weighted by molar-refractivity contribution is -0.122. The monoisotopic (exact) mass is 304 g/mol. The van der Waals surface area contributed by atoms with E-state index in [9.17, 15) is 4.79 Å². The summed E-state index contributed by atoms with van der Waals surface area (Å²) in [5.74, 6) is 1.54. The van der Waals surface area contributed by atoms with Crippen LogP contribution in [0.2, 0.25) is 0 Å². The molecule has 0 atom stereocenters. The molecular weight excluding hydrogens is 280 g/mol. The molecule has 2 aliphatic rings. The third-order valence-corrected chi connectivity index (χ3v) is 4.38. The molecule has 120 valence electrons. The Morgan fingerprint density at radius 3 is 2.59 bits per heavy atom. The van der Waals surface area contributed by atoms with Crippen LogP contribution in [0, 0.1) is 5.92 Å². The number of hydrazine groups is 1. The largest absolute Gasteiger partial charge is 0.353 e. The van der Waals surface area contributed by atoms with Crippen LogP contribution in [-0.2, 0) is 4.79 Å². The Balaban J connectivity index is 1.37. The van der Waals surface area contributed by atoms with Gasteiger partial charge in [-0.2, -0.15) is 0 Å². The lowest BCUT2D eigenvalue weighted by Gasteiger charge is -2.32. The van der Waals surface area contributed by atoms with Crippen molar-refractivity contribution in [3.8, 4) is 0 Å². The first-order chi connectivity index (χ1) is 10.8. The number of rotatable bonds is 5. The molecule has 3 rings (SSSR count). The molecule has 2 aliphatic heterocycles. The number of anilines is 1. The molecule has 0 radical (unpaired) electrons. The number of carbonyl (C=O) groups is 1. The maximum Gasteiger partial charge on any atom is 0.225 e. The maximum atomic E-state index is 12.0. The van der Waals surface area contributed by atoms with E-state index in [0.29, 0.717) is 12.3 Å². The van der Waals surface area contributed by atoms with Crippen LogP contribution in [0.25, 0.3) is 0 Å². The third kappa shape index (κ3) is 4.14. The molecule has 0 aromatic carbocycles. The lowest BCUT2D eigenvalue weighted by atomic mass is 10.0. The lowest BCUT2D eigenvalue weighted by Crippen LogP contribution is -2.45. The van der Waals surface area contributed by atoms with Crippen molar-refractivity contribution < 1.29 is 4.79 Å². The number of nitrogens with zero attached hydrogens (tertiary/aromatic N) is 3. The van der Waals surface area contributed by atoms with Crippen LogP contribution in [0.1, 0.15) is 25.7 Å². The number of carbonyl (C=O) groups excluding carboxylic acids is 1. The Labute approximate surface area is 130 Å². The second-order valence-corrected chi connectivity index (χ2v) is 6.04. The van der Waals surface area contributed by atoms with E-state index >= 15 is 0 Å². The highest BCUT2D eigenvalue weighted by molar-refractivity contribution is 5.76. The zero-order valence-corrected chi connectivity index (χ0v) is 12.8. The number of hydrogen-bond acceptors (Lipinski definition) is 6. The van der Waals surface area contributed by atoms with Gasteiger partial charge in [0.2, 0.25) is 11.9 Å². The van der Waals surface area contributed by atoms with E-state index < -0.39 is 0 Å². The molecule has 0 unspecified atom stereocenters. The van der Waals surface area contributed by atoms with Crippen LogP contribution in [0.4, 0.5) is 5.95 Å². The van der Waals surface area contributed by atoms with E-state index in [1.165, 1.54) is 0 Å². The average Bonchev–Trinajstić information content (AvgIpc) is 3.08. The van der Waals surface area contributed by atoms with Gasteiger partial charge in [-0.05, 0) is 31.2 Å². The number of aromatic nitrogens is 2. The molecule has 3 N–H and O–H groups in total. The molecule has 0 saturated carbocycles. The zero-order chi connectivity index (χ0) is 15.2. The van der Waals surface area contributed by atoms with Crippen molar-refractivity contribution in [2.75, 3.05) is 31.1 Å². The molecule has 0 aliphatic carbocycles. The van der Waals surface area contributed by atoms with E-state index in [4.69, 9.17) is 0 Å². The normalized spacial score (nSPS) is 20.3. The van der Waals surface area contributed by atoms with Gasteiger partial charge in [-0.15, -0.1) is 0 Å². The van der Waals surface area contributed by atoms with Gasteiger partial charge >= 0.3 is 0 Å². The van der Waals surface area contributed by atoms with Crippen molar-refractivity contribution >= 4 is 11.9 Å². The first-order valence-corrected chi connectivity index (χ1v) is 8.08. The highest BCUT2D eigenvalue weighted by Gasteiger charge is 2.22. The minimum atomic E-state index is 0.182. The van der Waals surface area contributed by atoms with Gasteiger partial charge in [0.25, 0.3) is 0 Å². The van der Waals surface area contributed by atoms with Crippen molar-refractivity contribution in [3.63, 3.8) is 0 Å². The SMILES string of the molecule is O=C(CCC1CNNC1)NC1CCN(c2ncccn2)CC1. The fraction of sp³-hybridized carbons (Fsp3) is 0.667. The van der Waals surface area contributed by atoms with Crippen LogP contribution >= 0.6 is 0 Å². The second kappa shape index (κ2) is 7.51. The van der Waals surface area contributed by atoms with E-state index in [-0.39, 0.29) is 11.9 Å². The Kier molecular flexibility index (Phi) is 5.18. The molecule has 1 aromatic rings. The summed E-state index contributed by atoms with van der Waals surface area (Å²) < 4.78 is 0. The van der Waals surface area contributed by atoms with E-state index in [2.05, 4.69) is 31.0 Å². The van der Waals surface area contributed by atoms with E-state index in [1.807, 2.05) is 6.07 Å². The number of piperidine rings is 1. The Bertz CT molecular complexity index is 468. The fourth-order valence-electron chi connectivity index (χ4n) is 3.02. The summed E-state index contributed by atoms with van der Waals surface area (Å²) in [6.07, 6.45) is 7.01. The smallest absolute Gasteiger partial charge is 0.225 e. The van der Waals surface area contributed by atoms with Gasteiger partial charge in [0.15, 0.2) is 0 Å². The van der Waals surface area contributed by atoms with Gasteiger partial charge in [-0.25, -0.2) is 9.97 Å². The van der Waals surface area contributed by atoms with Gasteiger partial charge in [0.1, 0.15) is 0 Å². The summed E-state index contributed by atoms with van der Waals surface area (Å²) in [4.78, 5) is 22.8. The third-order valence-electron chi connectivity index (χ3n) is 4.38. The first-order valence-electron chi connectivity index (χ1n) is 8.08. The molecule has 3 heterocycles. The van der Waals surface area contributed by atoms with Crippen LogP contribution in [0.5, 0.6) is 0 Å². The van der Waals surface area contributed by atoms with Gasteiger partial charge in [-0.1, -0.05) is 0 Å². The summed E-state index contributed by atoms with van der Waals surface area (Å²) in [5, 5.41) is 3.17. The highest BCUT2D eigenvalue weighted by atomic mass is 16.1. The number of amides is 1. The predicted molar refractivity (Wildman–Crippen MR) is 84.1 cm³/mol. The van der Waals surface area contributed by atoms with Gasteiger partial charge in [0.05, 0.1) is 0 Å². The summed E-state index contributed by atoms with van der Waals surface area (Å²) in [6, 6.07) is 2.11. The average molecular weight is 304 g/mol. The summed E-state index contributed by atoms with van der Waals surface area (Å²) in [5.41, 5.74) is 6.20. The molecule has 2 saturated heterocycles. The number of hydrogen-bond donors (Lipinski definition) is 3. The van der Waals surface area contributed by atoms with Crippen LogP contribution < -0.4 is 21.1 Å². The maximum absolute atomic E-state index is 12.0. The molecule has 1 aromatic heterocycles. The minimum Gasteiger partial charge on any atom is -0.353 e. The molecule has 0 bridgehead atoms. The van der Waals surface area contributed by atoms with Crippen LogP contribution in [-0.4, -0.2) is 48.1 Å². The van der Waals surface area contributed by atoms with Crippen LogP contribution in [0.3, 0.4) is 0 Å². The summed E-state index contributed by atoms with van der Waals surface area (Å²) in [7, 11) is 0. The predicted octanol–water partition coefficient (Wildman–Crippen LogP) is 0.0658. The molecule has 0 spiro atoms. The highest BCUT2D eigenvalue weighted by Crippen LogP contribution is 2.15. The quantitative estimate of drug-likeness (QED) is 0.714. The van der Waals surface area contributed by atoms with E-state index in [0.717, 1.165) is 51.4 Å². The van der Waals surface area contributed by atoms with E-state index in [1.54, 1.807) is 12.4 Å². The summed E-state index contributed by atoms with van der Waals surface area (Å²) in [6.45, 7) is 3.71. The van der Waals surface area contributed by atoms with Crippen molar-refractivity contribution in [3.05, 3.63) is 18.5 Å². The Morgan fingerprint density at radius 2 is 1.91 bits per heavy atom. The topological polar surface area (TPSA) is 82.2 Å². The molecule has 22 heavy (non-hydrogen) atoms. The van der Waals surface area contributed by atoms with Crippen molar-refractivity contribution in [2.45, 2.75) is 31.7 Å². The van der Waals surface area contributed by atoms with Gasteiger partial charge in [0, 0.05) is 51.0 Å². The molecule has 7 nitrogen and oxygen atoms in total.